The fourth-order valence-corrected chi connectivity index (χ4v) is 3.10. The number of anilines is 3. The fraction of sp³-hybridized carbons (Fsp3) is 0.174. The highest BCUT2D eigenvalue weighted by Crippen LogP contribution is 2.31. The van der Waals surface area contributed by atoms with Crippen LogP contribution in [0.25, 0.3) is 0 Å². The minimum atomic E-state index is -4.67. The van der Waals surface area contributed by atoms with Gasteiger partial charge in [-0.1, -0.05) is 23.7 Å². The molecule has 3 rings (SSSR count). The van der Waals surface area contributed by atoms with E-state index in [9.17, 15) is 18.0 Å². The highest BCUT2D eigenvalue weighted by Gasteiger charge is 2.33. The normalized spacial score (nSPS) is 11.5. The minimum Gasteiger partial charge on any atom is -0.378 e. The molecule has 33 heavy (non-hydrogen) atoms. The van der Waals surface area contributed by atoms with Crippen molar-refractivity contribution in [1.82, 2.24) is 10.4 Å². The molecule has 0 saturated carbocycles. The largest absolute Gasteiger partial charge is 0.433 e. The van der Waals surface area contributed by atoms with Crippen molar-refractivity contribution in [2.24, 2.45) is 5.10 Å². The number of pyridine rings is 1. The molecule has 0 unspecified atom stereocenters. The molecule has 3 aromatic rings. The third-order valence-corrected chi connectivity index (χ3v) is 4.90. The number of carbonyl (C=O) groups is 1. The van der Waals surface area contributed by atoms with Crippen molar-refractivity contribution in [3.8, 4) is 0 Å². The summed E-state index contributed by atoms with van der Waals surface area (Å²) in [6.07, 6.45) is -3.23. The van der Waals surface area contributed by atoms with Crippen LogP contribution < -0.4 is 15.6 Å². The zero-order valence-corrected chi connectivity index (χ0v) is 18.8. The Kier molecular flexibility index (Phi) is 7.23. The molecule has 2 aromatic carbocycles. The molecule has 0 bridgehead atoms. The molecule has 0 fully saturated rings. The molecule has 0 spiro atoms. The van der Waals surface area contributed by atoms with Crippen molar-refractivity contribution < 1.29 is 18.0 Å². The third kappa shape index (κ3) is 6.23. The van der Waals surface area contributed by atoms with Crippen LogP contribution in [-0.4, -0.2) is 31.2 Å². The van der Waals surface area contributed by atoms with E-state index in [1.165, 1.54) is 6.21 Å². The number of hydrazone groups is 1. The number of nitrogens with one attached hydrogen (secondary N) is 2. The Hall–Kier alpha value is -3.59. The van der Waals surface area contributed by atoms with Gasteiger partial charge in [0.05, 0.1) is 11.8 Å². The first-order valence-corrected chi connectivity index (χ1v) is 10.1. The summed E-state index contributed by atoms with van der Waals surface area (Å²) < 4.78 is 39.6. The van der Waals surface area contributed by atoms with Gasteiger partial charge >= 0.3 is 6.18 Å². The highest BCUT2D eigenvalue weighted by atomic mass is 35.5. The number of alkyl halides is 3. The molecular weight excluding hydrogens is 455 g/mol. The van der Waals surface area contributed by atoms with Gasteiger partial charge in [-0.2, -0.15) is 18.3 Å². The number of aryl methyl sites for hydroxylation is 1. The smallest absolute Gasteiger partial charge is 0.378 e. The van der Waals surface area contributed by atoms with Crippen LogP contribution in [0, 0.1) is 6.92 Å². The van der Waals surface area contributed by atoms with Crippen molar-refractivity contribution in [3.63, 3.8) is 0 Å². The summed E-state index contributed by atoms with van der Waals surface area (Å²) in [4.78, 5) is 18.2. The Balaban J connectivity index is 1.84. The molecule has 0 saturated heterocycles. The molecule has 0 aliphatic rings. The maximum Gasteiger partial charge on any atom is 0.433 e. The van der Waals surface area contributed by atoms with E-state index in [4.69, 9.17) is 11.6 Å². The van der Waals surface area contributed by atoms with Crippen LogP contribution in [0.1, 0.15) is 27.2 Å². The van der Waals surface area contributed by atoms with Gasteiger partial charge in [-0.05, 0) is 60.5 Å². The number of nitrogens with zero attached hydrogens (tertiary/aromatic N) is 3. The first kappa shape index (κ1) is 24.1. The van der Waals surface area contributed by atoms with Crippen LogP contribution in [0.15, 0.2) is 59.7 Å². The van der Waals surface area contributed by atoms with Gasteiger partial charge in [0.2, 0.25) is 0 Å². The highest BCUT2D eigenvalue weighted by molar-refractivity contribution is 6.30. The van der Waals surface area contributed by atoms with Gasteiger partial charge in [-0.25, -0.2) is 10.4 Å². The van der Waals surface area contributed by atoms with E-state index in [0.717, 1.165) is 23.4 Å². The molecule has 0 aliphatic carbocycles. The number of carbonyl (C=O) groups excluding carboxylic acids is 1. The molecule has 0 aliphatic heterocycles. The molecule has 2 N–H and O–H groups in total. The Morgan fingerprint density at radius 2 is 1.79 bits per heavy atom. The molecule has 0 atom stereocenters. The number of hydrogen-bond acceptors (Lipinski definition) is 5. The van der Waals surface area contributed by atoms with Gasteiger partial charge in [0, 0.05) is 30.5 Å². The Morgan fingerprint density at radius 1 is 1.09 bits per heavy atom. The number of amides is 1. The summed E-state index contributed by atoms with van der Waals surface area (Å²) in [5.41, 5.74) is 3.98. The lowest BCUT2D eigenvalue weighted by Crippen LogP contribution is -2.21. The quantitative estimate of drug-likeness (QED) is 0.358. The molecular formula is C23H21ClF3N5O. The number of hydrogen-bond donors (Lipinski definition) is 2. The van der Waals surface area contributed by atoms with Crippen molar-refractivity contribution in [2.45, 2.75) is 13.1 Å². The maximum absolute atomic E-state index is 13.2. The van der Waals surface area contributed by atoms with E-state index in [1.807, 2.05) is 43.3 Å². The van der Waals surface area contributed by atoms with E-state index < -0.39 is 17.8 Å². The summed E-state index contributed by atoms with van der Waals surface area (Å²) in [5.74, 6) is -0.968. The van der Waals surface area contributed by atoms with E-state index in [-0.39, 0.29) is 11.4 Å². The van der Waals surface area contributed by atoms with Gasteiger partial charge in [0.15, 0.2) is 0 Å². The van der Waals surface area contributed by atoms with Crippen molar-refractivity contribution in [1.29, 1.82) is 0 Å². The molecule has 10 heteroatoms. The van der Waals surface area contributed by atoms with Gasteiger partial charge in [-0.15, -0.1) is 0 Å². The van der Waals surface area contributed by atoms with E-state index in [2.05, 4.69) is 20.8 Å². The van der Waals surface area contributed by atoms with Crippen LogP contribution in [0.5, 0.6) is 0 Å². The first-order chi connectivity index (χ1) is 15.5. The summed E-state index contributed by atoms with van der Waals surface area (Å²) in [6.45, 7) is 1.73. The SMILES string of the molecule is Cc1cc(Cl)ccc1Nc1nc(C(F)(F)F)ccc1C(=O)N/N=C/c1ccc(N(C)C)cc1. The molecule has 6 nitrogen and oxygen atoms in total. The monoisotopic (exact) mass is 475 g/mol. The van der Waals surface area contributed by atoms with Crippen LogP contribution >= 0.6 is 11.6 Å². The zero-order chi connectivity index (χ0) is 24.2. The summed E-state index contributed by atoms with van der Waals surface area (Å²) in [7, 11) is 3.83. The van der Waals surface area contributed by atoms with Crippen LogP contribution in [0.2, 0.25) is 5.02 Å². The summed E-state index contributed by atoms with van der Waals surface area (Å²) >= 11 is 5.94. The number of rotatable bonds is 6. The molecule has 1 heterocycles. The Morgan fingerprint density at radius 3 is 2.39 bits per heavy atom. The second kappa shape index (κ2) is 9.91. The van der Waals surface area contributed by atoms with E-state index >= 15 is 0 Å². The molecule has 172 valence electrons. The van der Waals surface area contributed by atoms with E-state index in [1.54, 1.807) is 25.1 Å². The lowest BCUT2D eigenvalue weighted by Gasteiger charge is -2.15. The van der Waals surface area contributed by atoms with Crippen molar-refractivity contribution in [2.75, 3.05) is 24.3 Å². The number of halogens is 4. The molecule has 1 amide bonds. The average molecular weight is 476 g/mol. The average Bonchev–Trinajstić information content (AvgIpc) is 2.75. The first-order valence-electron chi connectivity index (χ1n) is 9.77. The third-order valence-electron chi connectivity index (χ3n) is 4.66. The van der Waals surface area contributed by atoms with Crippen LogP contribution in [0.4, 0.5) is 30.4 Å². The minimum absolute atomic E-state index is 0.0996. The number of aromatic nitrogens is 1. The van der Waals surface area contributed by atoms with Crippen LogP contribution in [-0.2, 0) is 6.18 Å². The Bertz CT molecular complexity index is 1180. The van der Waals surface area contributed by atoms with Crippen molar-refractivity contribution in [3.05, 3.63) is 82.0 Å². The maximum atomic E-state index is 13.2. The van der Waals surface area contributed by atoms with Gasteiger partial charge in [0.1, 0.15) is 11.5 Å². The van der Waals surface area contributed by atoms with Crippen LogP contribution in [0.3, 0.4) is 0 Å². The van der Waals surface area contributed by atoms with Gasteiger partial charge in [0.25, 0.3) is 5.91 Å². The zero-order valence-electron chi connectivity index (χ0n) is 18.0. The second-order valence-corrected chi connectivity index (χ2v) is 7.80. The van der Waals surface area contributed by atoms with Gasteiger partial charge < -0.3 is 10.2 Å². The second-order valence-electron chi connectivity index (χ2n) is 7.36. The lowest BCUT2D eigenvalue weighted by atomic mass is 10.1. The Labute approximate surface area is 194 Å². The number of benzene rings is 2. The lowest BCUT2D eigenvalue weighted by molar-refractivity contribution is -0.141. The summed E-state index contributed by atoms with van der Waals surface area (Å²) in [5, 5.41) is 7.18. The summed E-state index contributed by atoms with van der Waals surface area (Å²) in [6, 6.07) is 14.0. The topological polar surface area (TPSA) is 69.6 Å². The van der Waals surface area contributed by atoms with Gasteiger partial charge in [-0.3, -0.25) is 4.79 Å². The molecule has 1 aromatic heterocycles. The standard InChI is InChI=1S/C23H21ClF3N5O/c1-14-12-16(24)6-10-19(14)29-21-18(9-11-20(30-21)23(25,26)27)22(33)31-28-13-15-4-7-17(8-5-15)32(2)3/h4-13H,1-3H3,(H,29,30)(H,31,33)/b28-13+. The molecule has 0 radical (unpaired) electrons. The van der Waals surface area contributed by atoms with E-state index in [0.29, 0.717) is 16.3 Å². The fourth-order valence-electron chi connectivity index (χ4n) is 2.87. The predicted octanol–water partition coefficient (Wildman–Crippen LogP) is 5.64. The van der Waals surface area contributed by atoms with Crippen molar-refractivity contribution >= 4 is 40.9 Å². The predicted molar refractivity (Wildman–Crippen MR) is 125 cm³/mol.